The van der Waals surface area contributed by atoms with E-state index in [0.717, 1.165) is 22.2 Å². The molecular weight excluding hydrogens is 403 g/mol. The highest BCUT2D eigenvalue weighted by Gasteiger charge is 2.20. The first-order chi connectivity index (χ1) is 15.1. The lowest BCUT2D eigenvalue weighted by atomic mass is 10.2. The van der Waals surface area contributed by atoms with E-state index in [9.17, 15) is 4.39 Å². The second-order valence-corrected chi connectivity index (χ2v) is 6.60. The molecule has 0 bridgehead atoms. The first kappa shape index (κ1) is 20.5. The van der Waals surface area contributed by atoms with Gasteiger partial charge < -0.3 is 19.5 Å². The van der Waals surface area contributed by atoms with Gasteiger partial charge >= 0.3 is 6.01 Å². The Bertz CT molecular complexity index is 1210. The van der Waals surface area contributed by atoms with Crippen LogP contribution in [0.5, 0.6) is 11.9 Å². The third-order valence-electron chi connectivity index (χ3n) is 4.61. The number of nitrogens with one attached hydrogen (secondary N) is 1. The van der Waals surface area contributed by atoms with Crippen molar-refractivity contribution in [2.45, 2.75) is 13.2 Å². The molecule has 2 heterocycles. The SMILES string of the molecule is COCc1cccc2c1nc(OC)n2-c1nnc(OC)c(NCc2cccc(F)c2)n1. The fraction of sp³-hybridized carbons (Fsp3) is 0.238. The quantitative estimate of drug-likeness (QED) is 0.461. The molecule has 0 saturated carbocycles. The molecular formula is C21H21FN6O3. The number of hydrogen-bond acceptors (Lipinski definition) is 8. The monoisotopic (exact) mass is 424 g/mol. The first-order valence-corrected chi connectivity index (χ1v) is 9.45. The molecule has 10 heteroatoms. The molecule has 0 aliphatic rings. The van der Waals surface area contributed by atoms with Gasteiger partial charge in [-0.2, -0.15) is 9.97 Å². The summed E-state index contributed by atoms with van der Waals surface area (Å²) in [5.74, 6) is 0.503. The first-order valence-electron chi connectivity index (χ1n) is 9.45. The van der Waals surface area contributed by atoms with Crippen LogP contribution in [0.2, 0.25) is 0 Å². The predicted molar refractivity (Wildman–Crippen MR) is 112 cm³/mol. The molecule has 0 fully saturated rings. The maximum atomic E-state index is 13.5. The zero-order chi connectivity index (χ0) is 21.8. The van der Waals surface area contributed by atoms with E-state index in [-0.39, 0.29) is 17.6 Å². The Kier molecular flexibility index (Phi) is 5.89. The fourth-order valence-electron chi connectivity index (χ4n) is 3.23. The van der Waals surface area contributed by atoms with E-state index < -0.39 is 0 Å². The third kappa shape index (κ3) is 4.10. The summed E-state index contributed by atoms with van der Waals surface area (Å²) in [6.07, 6.45) is 0. The molecule has 0 unspecified atom stereocenters. The van der Waals surface area contributed by atoms with Crippen molar-refractivity contribution in [1.29, 1.82) is 0 Å². The highest BCUT2D eigenvalue weighted by atomic mass is 19.1. The van der Waals surface area contributed by atoms with Crippen molar-refractivity contribution in [2.75, 3.05) is 26.6 Å². The molecule has 4 rings (SSSR count). The van der Waals surface area contributed by atoms with Crippen LogP contribution in [0.4, 0.5) is 10.2 Å². The average Bonchev–Trinajstić information content (AvgIpc) is 3.17. The van der Waals surface area contributed by atoms with Crippen molar-refractivity contribution in [3.8, 4) is 17.8 Å². The van der Waals surface area contributed by atoms with E-state index in [1.807, 2.05) is 24.3 Å². The van der Waals surface area contributed by atoms with E-state index in [2.05, 4.69) is 25.5 Å². The lowest BCUT2D eigenvalue weighted by Crippen LogP contribution is -2.11. The smallest absolute Gasteiger partial charge is 0.304 e. The molecule has 0 atom stereocenters. The topological polar surface area (TPSA) is 96.2 Å². The second-order valence-electron chi connectivity index (χ2n) is 6.60. The van der Waals surface area contributed by atoms with Crippen LogP contribution in [-0.4, -0.2) is 46.1 Å². The number of fused-ring (bicyclic) bond motifs is 1. The second kappa shape index (κ2) is 8.92. The maximum Gasteiger partial charge on any atom is 0.304 e. The van der Waals surface area contributed by atoms with Crippen LogP contribution >= 0.6 is 0 Å². The van der Waals surface area contributed by atoms with Crippen molar-refractivity contribution in [3.63, 3.8) is 0 Å². The van der Waals surface area contributed by atoms with Crippen LogP contribution in [0.15, 0.2) is 42.5 Å². The Morgan fingerprint density at radius 3 is 2.58 bits per heavy atom. The summed E-state index contributed by atoms with van der Waals surface area (Å²) in [6.45, 7) is 0.728. The van der Waals surface area contributed by atoms with Gasteiger partial charge in [-0.25, -0.2) is 8.96 Å². The van der Waals surface area contributed by atoms with Gasteiger partial charge in [0, 0.05) is 19.2 Å². The van der Waals surface area contributed by atoms with E-state index >= 15 is 0 Å². The lowest BCUT2D eigenvalue weighted by molar-refractivity contribution is 0.186. The summed E-state index contributed by atoms with van der Waals surface area (Å²) < 4.78 is 31.2. The van der Waals surface area contributed by atoms with E-state index in [1.165, 1.54) is 26.4 Å². The van der Waals surface area contributed by atoms with Crippen LogP contribution in [0.3, 0.4) is 0 Å². The van der Waals surface area contributed by atoms with Gasteiger partial charge in [0.25, 0.3) is 11.8 Å². The Balaban J connectivity index is 1.75. The Morgan fingerprint density at radius 1 is 1.00 bits per heavy atom. The number of nitrogens with zero attached hydrogens (tertiary/aromatic N) is 5. The summed E-state index contributed by atoms with van der Waals surface area (Å²) in [5, 5.41) is 11.4. The van der Waals surface area contributed by atoms with Gasteiger partial charge in [-0.1, -0.05) is 24.3 Å². The molecule has 160 valence electrons. The van der Waals surface area contributed by atoms with E-state index in [1.54, 1.807) is 17.7 Å². The van der Waals surface area contributed by atoms with Gasteiger partial charge in [-0.05, 0) is 23.8 Å². The van der Waals surface area contributed by atoms with Gasteiger partial charge in [0.15, 0.2) is 5.82 Å². The maximum absolute atomic E-state index is 13.5. The average molecular weight is 424 g/mol. The van der Waals surface area contributed by atoms with Crippen molar-refractivity contribution >= 4 is 16.9 Å². The summed E-state index contributed by atoms with van der Waals surface area (Å²) in [4.78, 5) is 9.13. The largest absolute Gasteiger partial charge is 0.477 e. The van der Waals surface area contributed by atoms with Crippen molar-refractivity contribution in [1.82, 2.24) is 24.7 Å². The molecule has 9 nitrogen and oxygen atoms in total. The minimum absolute atomic E-state index is 0.212. The molecule has 1 N–H and O–H groups in total. The number of rotatable bonds is 8. The molecule has 31 heavy (non-hydrogen) atoms. The zero-order valence-corrected chi connectivity index (χ0v) is 17.3. The molecule has 0 saturated heterocycles. The number of benzene rings is 2. The summed E-state index contributed by atoms with van der Waals surface area (Å²) in [6, 6.07) is 12.3. The van der Waals surface area contributed by atoms with Crippen LogP contribution in [0, 0.1) is 5.82 Å². The molecule has 4 aromatic rings. The third-order valence-corrected chi connectivity index (χ3v) is 4.61. The van der Waals surface area contributed by atoms with Gasteiger partial charge in [-0.15, -0.1) is 10.2 Å². The van der Waals surface area contributed by atoms with Crippen molar-refractivity contribution in [2.24, 2.45) is 0 Å². The molecule has 0 radical (unpaired) electrons. The molecule has 0 aliphatic carbocycles. The number of para-hydroxylation sites is 1. The summed E-state index contributed by atoms with van der Waals surface area (Å²) >= 11 is 0. The summed E-state index contributed by atoms with van der Waals surface area (Å²) in [7, 11) is 4.62. The van der Waals surface area contributed by atoms with Gasteiger partial charge in [0.1, 0.15) is 5.82 Å². The number of methoxy groups -OCH3 is 3. The van der Waals surface area contributed by atoms with E-state index in [4.69, 9.17) is 14.2 Å². The summed E-state index contributed by atoms with van der Waals surface area (Å²) in [5.41, 5.74) is 3.12. The van der Waals surface area contributed by atoms with Crippen molar-refractivity contribution in [3.05, 3.63) is 59.4 Å². The molecule has 2 aromatic heterocycles. The Morgan fingerprint density at radius 2 is 1.84 bits per heavy atom. The van der Waals surface area contributed by atoms with Crippen LogP contribution in [0.1, 0.15) is 11.1 Å². The Hall–Kier alpha value is -3.79. The number of halogens is 1. The van der Waals surface area contributed by atoms with Gasteiger partial charge in [0.2, 0.25) is 0 Å². The standard InChI is InChI=1S/C21H21FN6O3/c1-29-12-14-7-5-9-16-17(14)24-21(31-3)28(16)20-25-18(19(30-2)26-27-20)23-11-13-6-4-8-15(22)10-13/h4-10H,11-12H2,1-3H3,(H,23,25,27). The van der Waals surface area contributed by atoms with Crippen LogP contribution in [-0.2, 0) is 17.9 Å². The fourth-order valence-corrected chi connectivity index (χ4v) is 3.23. The van der Waals surface area contributed by atoms with Crippen molar-refractivity contribution < 1.29 is 18.6 Å². The van der Waals surface area contributed by atoms with Crippen LogP contribution in [0.25, 0.3) is 17.0 Å². The molecule has 0 amide bonds. The van der Waals surface area contributed by atoms with Gasteiger partial charge in [0.05, 0.1) is 31.9 Å². The predicted octanol–water partition coefficient (Wildman–Crippen LogP) is 3.13. The number of ether oxygens (including phenoxy) is 3. The zero-order valence-electron chi connectivity index (χ0n) is 17.3. The lowest BCUT2D eigenvalue weighted by Gasteiger charge is -2.11. The number of imidazole rings is 1. The molecule has 0 aliphatic heterocycles. The Labute approximate surface area is 177 Å². The highest BCUT2D eigenvalue weighted by molar-refractivity contribution is 5.81. The number of hydrogen-bond donors (Lipinski definition) is 1. The normalized spacial score (nSPS) is 11.0. The van der Waals surface area contributed by atoms with Crippen LogP contribution < -0.4 is 14.8 Å². The highest BCUT2D eigenvalue weighted by Crippen LogP contribution is 2.28. The molecule has 0 spiro atoms. The minimum atomic E-state index is -0.311. The molecule has 2 aromatic carbocycles. The minimum Gasteiger partial charge on any atom is -0.477 e. The van der Waals surface area contributed by atoms with Gasteiger partial charge in [-0.3, -0.25) is 0 Å². The number of aromatic nitrogens is 5. The van der Waals surface area contributed by atoms with E-state index in [0.29, 0.717) is 25.0 Å². The number of anilines is 1.